The van der Waals surface area contributed by atoms with E-state index in [4.69, 9.17) is 4.74 Å². The van der Waals surface area contributed by atoms with Crippen LogP contribution in [0.1, 0.15) is 27.2 Å². The van der Waals surface area contributed by atoms with Gasteiger partial charge in [0.05, 0.1) is 12.5 Å². The first-order valence-corrected chi connectivity index (χ1v) is 4.52. The van der Waals surface area contributed by atoms with Crippen molar-refractivity contribution in [1.29, 1.82) is 0 Å². The van der Waals surface area contributed by atoms with Crippen LogP contribution in [0.15, 0.2) is 0 Å². The van der Waals surface area contributed by atoms with E-state index < -0.39 is 11.7 Å². The minimum Gasteiger partial charge on any atom is -0.463 e. The topological polar surface area (TPSA) is 64.6 Å². The van der Waals surface area contributed by atoms with Gasteiger partial charge in [-0.3, -0.25) is 4.79 Å². The molecule has 0 bridgehead atoms. The first-order valence-electron chi connectivity index (χ1n) is 4.52. The summed E-state index contributed by atoms with van der Waals surface area (Å²) in [6.07, 6.45) is -0.292. The third-order valence-electron chi connectivity index (χ3n) is 1.58. The molecule has 80 valence electrons. The highest BCUT2D eigenvalue weighted by molar-refractivity contribution is 5.74. The van der Waals surface area contributed by atoms with Gasteiger partial charge in [-0.05, 0) is 20.8 Å². The van der Waals surface area contributed by atoms with Gasteiger partial charge in [0.2, 0.25) is 0 Å². The van der Waals surface area contributed by atoms with E-state index in [2.05, 4.69) is 10.1 Å². The van der Waals surface area contributed by atoms with E-state index in [-0.39, 0.29) is 25.0 Å². The molecule has 0 aromatic carbocycles. The van der Waals surface area contributed by atoms with Crippen molar-refractivity contribution in [2.24, 2.45) is 0 Å². The Balaban J connectivity index is 2.31. The highest BCUT2D eigenvalue weighted by Crippen LogP contribution is 2.09. The standard InChI is InChI=1S/C9H15NO4/c1-9(2,3)14-8(12)10-6-4-7(11)13-5-6/h6H,4-5H2,1-3H3,(H,10,12)/t6-/m1/s1. The Bertz CT molecular complexity index is 244. The molecule has 0 spiro atoms. The van der Waals surface area contributed by atoms with Gasteiger partial charge >= 0.3 is 12.1 Å². The zero-order valence-corrected chi connectivity index (χ0v) is 8.62. The van der Waals surface area contributed by atoms with E-state index in [0.717, 1.165) is 0 Å². The van der Waals surface area contributed by atoms with Gasteiger partial charge < -0.3 is 14.8 Å². The van der Waals surface area contributed by atoms with Crippen molar-refractivity contribution in [2.45, 2.75) is 38.8 Å². The van der Waals surface area contributed by atoms with Crippen LogP contribution < -0.4 is 5.32 Å². The molecule has 1 aliphatic heterocycles. The van der Waals surface area contributed by atoms with Gasteiger partial charge in [0.25, 0.3) is 0 Å². The summed E-state index contributed by atoms with van der Waals surface area (Å²) in [5, 5.41) is 2.56. The number of cyclic esters (lactones) is 1. The molecular formula is C9H15NO4. The second-order valence-corrected chi connectivity index (χ2v) is 4.23. The summed E-state index contributed by atoms with van der Waals surface area (Å²) in [5.74, 6) is -0.286. The summed E-state index contributed by atoms with van der Waals surface area (Å²) in [5.41, 5.74) is -0.520. The van der Waals surface area contributed by atoms with Crippen molar-refractivity contribution >= 4 is 12.1 Å². The van der Waals surface area contributed by atoms with Crippen LogP contribution >= 0.6 is 0 Å². The Morgan fingerprint density at radius 1 is 1.57 bits per heavy atom. The summed E-state index contributed by atoms with van der Waals surface area (Å²) < 4.78 is 9.71. The summed E-state index contributed by atoms with van der Waals surface area (Å²) >= 11 is 0. The Morgan fingerprint density at radius 2 is 2.21 bits per heavy atom. The van der Waals surface area contributed by atoms with Gasteiger partial charge in [-0.25, -0.2) is 4.79 Å². The lowest BCUT2D eigenvalue weighted by molar-refractivity contribution is -0.137. The molecule has 1 amide bonds. The van der Waals surface area contributed by atoms with Crippen LogP contribution in [0.4, 0.5) is 4.79 Å². The average Bonchev–Trinajstić information content (AvgIpc) is 2.30. The Labute approximate surface area is 82.8 Å². The fraction of sp³-hybridized carbons (Fsp3) is 0.778. The molecule has 1 aliphatic rings. The number of hydrogen-bond donors (Lipinski definition) is 1. The van der Waals surface area contributed by atoms with Crippen LogP contribution in [-0.4, -0.2) is 30.3 Å². The summed E-state index contributed by atoms with van der Waals surface area (Å²) in [4.78, 5) is 21.9. The van der Waals surface area contributed by atoms with Crippen molar-refractivity contribution < 1.29 is 19.1 Å². The summed E-state index contributed by atoms with van der Waals surface area (Å²) in [6, 6.07) is -0.252. The molecule has 1 saturated heterocycles. The van der Waals surface area contributed by atoms with Crippen LogP contribution in [0.5, 0.6) is 0 Å². The maximum absolute atomic E-state index is 11.2. The fourth-order valence-corrected chi connectivity index (χ4v) is 1.08. The number of carbonyl (C=O) groups excluding carboxylic acids is 2. The van der Waals surface area contributed by atoms with Crippen LogP contribution in [-0.2, 0) is 14.3 Å². The number of nitrogens with one attached hydrogen (secondary N) is 1. The number of rotatable bonds is 1. The highest BCUT2D eigenvalue weighted by Gasteiger charge is 2.27. The first-order chi connectivity index (χ1) is 6.37. The Kier molecular flexibility index (Phi) is 2.98. The summed E-state index contributed by atoms with van der Waals surface area (Å²) in [7, 11) is 0. The molecule has 1 atom stereocenters. The lowest BCUT2D eigenvalue weighted by Gasteiger charge is -2.20. The minimum atomic E-state index is -0.520. The molecular weight excluding hydrogens is 186 g/mol. The number of alkyl carbamates (subject to hydrolysis) is 1. The second-order valence-electron chi connectivity index (χ2n) is 4.23. The number of carbonyl (C=O) groups is 2. The van der Waals surface area contributed by atoms with Crippen molar-refractivity contribution in [1.82, 2.24) is 5.32 Å². The van der Waals surface area contributed by atoms with E-state index in [9.17, 15) is 9.59 Å². The predicted octanol–water partition coefficient (Wildman–Crippen LogP) is 0.827. The Morgan fingerprint density at radius 3 is 2.64 bits per heavy atom. The zero-order chi connectivity index (χ0) is 10.8. The molecule has 0 aliphatic carbocycles. The van der Waals surface area contributed by atoms with Crippen molar-refractivity contribution in [3.8, 4) is 0 Å². The molecule has 0 saturated carbocycles. The molecule has 14 heavy (non-hydrogen) atoms. The number of esters is 1. The van der Waals surface area contributed by atoms with Crippen LogP contribution in [0, 0.1) is 0 Å². The van der Waals surface area contributed by atoms with Gasteiger partial charge in [0.1, 0.15) is 12.2 Å². The smallest absolute Gasteiger partial charge is 0.408 e. The monoisotopic (exact) mass is 201 g/mol. The molecule has 0 radical (unpaired) electrons. The van der Waals surface area contributed by atoms with E-state index in [0.29, 0.717) is 0 Å². The molecule has 5 heteroatoms. The van der Waals surface area contributed by atoms with Gasteiger partial charge in [-0.15, -0.1) is 0 Å². The molecule has 1 rings (SSSR count). The maximum Gasteiger partial charge on any atom is 0.408 e. The van der Waals surface area contributed by atoms with Crippen LogP contribution in [0.2, 0.25) is 0 Å². The van der Waals surface area contributed by atoms with E-state index >= 15 is 0 Å². The third kappa shape index (κ3) is 3.64. The normalized spacial score (nSPS) is 21.6. The number of hydrogen-bond acceptors (Lipinski definition) is 4. The number of ether oxygens (including phenoxy) is 2. The lowest BCUT2D eigenvalue weighted by atomic mass is 10.2. The molecule has 1 fully saturated rings. The first kappa shape index (κ1) is 10.8. The van der Waals surface area contributed by atoms with Crippen molar-refractivity contribution in [2.75, 3.05) is 6.61 Å². The highest BCUT2D eigenvalue weighted by atomic mass is 16.6. The molecule has 1 N–H and O–H groups in total. The fourth-order valence-electron chi connectivity index (χ4n) is 1.08. The van der Waals surface area contributed by atoms with Gasteiger partial charge in [-0.2, -0.15) is 0 Å². The largest absolute Gasteiger partial charge is 0.463 e. The van der Waals surface area contributed by atoms with Gasteiger partial charge in [-0.1, -0.05) is 0 Å². The molecule has 5 nitrogen and oxygen atoms in total. The molecule has 0 unspecified atom stereocenters. The minimum absolute atomic E-state index is 0.221. The van der Waals surface area contributed by atoms with Crippen molar-refractivity contribution in [3.05, 3.63) is 0 Å². The molecule has 0 aromatic rings. The lowest BCUT2D eigenvalue weighted by Crippen LogP contribution is -2.39. The molecule has 1 heterocycles. The Hall–Kier alpha value is -1.26. The quantitative estimate of drug-likeness (QED) is 0.638. The predicted molar refractivity (Wildman–Crippen MR) is 48.7 cm³/mol. The summed E-state index contributed by atoms with van der Waals surface area (Å²) in [6.45, 7) is 5.58. The van der Waals surface area contributed by atoms with Crippen LogP contribution in [0.25, 0.3) is 0 Å². The SMILES string of the molecule is CC(C)(C)OC(=O)N[C@H]1COC(=O)C1. The number of amides is 1. The maximum atomic E-state index is 11.2. The van der Waals surface area contributed by atoms with Crippen LogP contribution in [0.3, 0.4) is 0 Å². The zero-order valence-electron chi connectivity index (χ0n) is 8.62. The van der Waals surface area contributed by atoms with E-state index in [1.54, 1.807) is 20.8 Å². The van der Waals surface area contributed by atoms with E-state index in [1.165, 1.54) is 0 Å². The van der Waals surface area contributed by atoms with Crippen molar-refractivity contribution in [3.63, 3.8) is 0 Å². The third-order valence-corrected chi connectivity index (χ3v) is 1.58. The molecule has 0 aromatic heterocycles. The average molecular weight is 201 g/mol. The van der Waals surface area contributed by atoms with E-state index in [1.807, 2.05) is 0 Å². The second kappa shape index (κ2) is 3.86. The van der Waals surface area contributed by atoms with Gasteiger partial charge in [0.15, 0.2) is 0 Å². The van der Waals surface area contributed by atoms with Gasteiger partial charge in [0, 0.05) is 0 Å².